The van der Waals surface area contributed by atoms with Crippen LogP contribution in [0.2, 0.25) is 0 Å². The van der Waals surface area contributed by atoms with E-state index in [0.717, 1.165) is 11.1 Å². The van der Waals surface area contributed by atoms with Crippen LogP contribution in [-0.2, 0) is 11.2 Å². The van der Waals surface area contributed by atoms with Crippen molar-refractivity contribution in [2.24, 2.45) is 0 Å². The highest BCUT2D eigenvalue weighted by molar-refractivity contribution is 5.92. The summed E-state index contributed by atoms with van der Waals surface area (Å²) >= 11 is 0. The van der Waals surface area contributed by atoms with E-state index < -0.39 is 5.60 Å². The fraction of sp³-hybridized carbons (Fsp3) is 0.389. The highest BCUT2D eigenvalue weighted by atomic mass is 16.5. The molecule has 1 saturated heterocycles. The third kappa shape index (κ3) is 3.60. The predicted molar refractivity (Wildman–Crippen MR) is 88.6 cm³/mol. The van der Waals surface area contributed by atoms with E-state index in [0.29, 0.717) is 31.8 Å². The van der Waals surface area contributed by atoms with Crippen LogP contribution in [0.1, 0.15) is 21.6 Å². The van der Waals surface area contributed by atoms with Gasteiger partial charge in [0.25, 0.3) is 5.91 Å². The van der Waals surface area contributed by atoms with Crippen molar-refractivity contribution in [1.29, 1.82) is 0 Å². The molecule has 24 heavy (non-hydrogen) atoms. The quantitative estimate of drug-likeness (QED) is 0.914. The lowest BCUT2D eigenvalue weighted by Gasteiger charge is -2.41. The van der Waals surface area contributed by atoms with Crippen LogP contribution in [-0.4, -0.2) is 58.0 Å². The first-order chi connectivity index (χ1) is 11.6. The summed E-state index contributed by atoms with van der Waals surface area (Å²) in [6, 6.07) is 11.4. The van der Waals surface area contributed by atoms with Crippen molar-refractivity contribution in [3.05, 3.63) is 59.4 Å². The molecule has 1 fully saturated rings. The van der Waals surface area contributed by atoms with E-state index in [9.17, 15) is 9.90 Å². The monoisotopic (exact) mass is 327 g/mol. The molecule has 6 nitrogen and oxygen atoms in total. The smallest absolute Gasteiger partial charge is 0.274 e. The molecule has 1 aliphatic heterocycles. The Balaban J connectivity index is 1.78. The molecule has 1 amide bonds. The maximum atomic E-state index is 12.6. The standard InChI is InChI=1S/C18H21N3O3/c1-14-4-2-5-15(10-14)11-18(13-22)12-21(8-9-24-18)17(23)16-6-3-7-19-20-16/h2-7,10,22H,8-9,11-13H2,1H3/t18-/m1/s1. The van der Waals surface area contributed by atoms with Gasteiger partial charge in [-0.15, -0.1) is 5.10 Å². The van der Waals surface area contributed by atoms with Gasteiger partial charge in [0.2, 0.25) is 0 Å². The molecule has 0 radical (unpaired) electrons. The second-order valence-corrected chi connectivity index (χ2v) is 6.19. The normalized spacial score (nSPS) is 20.8. The topological polar surface area (TPSA) is 75.5 Å². The van der Waals surface area contributed by atoms with Gasteiger partial charge in [-0.25, -0.2) is 0 Å². The van der Waals surface area contributed by atoms with E-state index in [2.05, 4.69) is 16.3 Å². The molecule has 1 N–H and O–H groups in total. The van der Waals surface area contributed by atoms with E-state index in [1.807, 2.05) is 25.1 Å². The average Bonchev–Trinajstić information content (AvgIpc) is 2.62. The number of rotatable bonds is 4. The molecule has 0 bridgehead atoms. The summed E-state index contributed by atoms with van der Waals surface area (Å²) in [5.74, 6) is -0.187. The third-order valence-electron chi connectivity index (χ3n) is 4.22. The molecular weight excluding hydrogens is 306 g/mol. The highest BCUT2D eigenvalue weighted by Crippen LogP contribution is 2.24. The first kappa shape index (κ1) is 16.5. The SMILES string of the molecule is Cc1cccc(C[C@]2(CO)CN(C(=O)c3cccnn3)CCO2)c1. The molecule has 2 heterocycles. The maximum Gasteiger partial charge on any atom is 0.274 e. The third-order valence-corrected chi connectivity index (χ3v) is 4.22. The van der Waals surface area contributed by atoms with Crippen molar-refractivity contribution >= 4 is 5.91 Å². The number of hydrogen-bond acceptors (Lipinski definition) is 5. The number of ether oxygens (including phenoxy) is 1. The Morgan fingerprint density at radius 3 is 2.96 bits per heavy atom. The average molecular weight is 327 g/mol. The zero-order chi connectivity index (χ0) is 17.0. The number of aliphatic hydroxyl groups excluding tert-OH is 1. The minimum absolute atomic E-state index is 0.148. The van der Waals surface area contributed by atoms with Crippen molar-refractivity contribution in [1.82, 2.24) is 15.1 Å². The number of benzene rings is 1. The first-order valence-corrected chi connectivity index (χ1v) is 7.99. The zero-order valence-corrected chi connectivity index (χ0v) is 13.7. The van der Waals surface area contributed by atoms with Gasteiger partial charge < -0.3 is 14.7 Å². The van der Waals surface area contributed by atoms with Gasteiger partial charge in [-0.2, -0.15) is 5.10 Å². The van der Waals surface area contributed by atoms with Crippen LogP contribution in [0.3, 0.4) is 0 Å². The van der Waals surface area contributed by atoms with Crippen LogP contribution in [0.4, 0.5) is 0 Å². The minimum Gasteiger partial charge on any atom is -0.393 e. The van der Waals surface area contributed by atoms with Crippen molar-refractivity contribution in [2.45, 2.75) is 18.9 Å². The van der Waals surface area contributed by atoms with Crippen LogP contribution >= 0.6 is 0 Å². The lowest BCUT2D eigenvalue weighted by atomic mass is 9.92. The molecular formula is C18H21N3O3. The number of aryl methyl sites for hydroxylation is 1. The van der Waals surface area contributed by atoms with Crippen molar-refractivity contribution in [3.8, 4) is 0 Å². The summed E-state index contributed by atoms with van der Waals surface area (Å²) in [7, 11) is 0. The Morgan fingerprint density at radius 1 is 1.38 bits per heavy atom. The molecule has 3 rings (SSSR count). The van der Waals surface area contributed by atoms with Gasteiger partial charge in [0, 0.05) is 19.2 Å². The highest BCUT2D eigenvalue weighted by Gasteiger charge is 2.38. The fourth-order valence-electron chi connectivity index (χ4n) is 3.05. The summed E-state index contributed by atoms with van der Waals surface area (Å²) in [5.41, 5.74) is 1.76. The Bertz CT molecular complexity index is 708. The van der Waals surface area contributed by atoms with E-state index in [-0.39, 0.29) is 12.5 Å². The van der Waals surface area contributed by atoms with Crippen molar-refractivity contribution in [3.63, 3.8) is 0 Å². The van der Waals surface area contributed by atoms with Gasteiger partial charge in [-0.05, 0) is 24.6 Å². The molecule has 1 aliphatic rings. The zero-order valence-electron chi connectivity index (χ0n) is 13.7. The van der Waals surface area contributed by atoms with Crippen LogP contribution in [0.5, 0.6) is 0 Å². The van der Waals surface area contributed by atoms with Crippen LogP contribution in [0.25, 0.3) is 0 Å². The molecule has 0 unspecified atom stereocenters. The Hall–Kier alpha value is -2.31. The Morgan fingerprint density at radius 2 is 2.25 bits per heavy atom. The summed E-state index contributed by atoms with van der Waals surface area (Å²) < 4.78 is 5.89. The van der Waals surface area contributed by atoms with Gasteiger partial charge in [0.1, 0.15) is 5.60 Å². The summed E-state index contributed by atoms with van der Waals surface area (Å²) in [6.45, 7) is 3.07. The second-order valence-electron chi connectivity index (χ2n) is 6.19. The molecule has 0 aliphatic carbocycles. The van der Waals surface area contributed by atoms with Gasteiger partial charge in [0.05, 0.1) is 19.8 Å². The van der Waals surface area contributed by atoms with Gasteiger partial charge in [-0.1, -0.05) is 29.8 Å². The maximum absolute atomic E-state index is 12.6. The van der Waals surface area contributed by atoms with Crippen molar-refractivity contribution < 1.29 is 14.6 Å². The molecule has 0 spiro atoms. The van der Waals surface area contributed by atoms with E-state index in [4.69, 9.17) is 4.74 Å². The predicted octanol–water partition coefficient (Wildman–Crippen LogP) is 1.23. The molecule has 2 aromatic rings. The number of aromatic nitrogens is 2. The molecule has 0 saturated carbocycles. The number of amides is 1. The van der Waals surface area contributed by atoms with E-state index in [1.54, 1.807) is 17.0 Å². The van der Waals surface area contributed by atoms with Crippen LogP contribution in [0.15, 0.2) is 42.6 Å². The lowest BCUT2D eigenvalue weighted by molar-refractivity contribution is -0.123. The fourth-order valence-corrected chi connectivity index (χ4v) is 3.05. The Labute approximate surface area is 141 Å². The lowest BCUT2D eigenvalue weighted by Crippen LogP contribution is -2.57. The summed E-state index contributed by atoms with van der Waals surface area (Å²) in [6.07, 6.45) is 2.08. The van der Waals surface area contributed by atoms with Gasteiger partial charge in [-0.3, -0.25) is 4.79 Å². The largest absolute Gasteiger partial charge is 0.393 e. The first-order valence-electron chi connectivity index (χ1n) is 7.99. The number of nitrogens with zero attached hydrogens (tertiary/aromatic N) is 3. The number of hydrogen-bond donors (Lipinski definition) is 1. The summed E-state index contributed by atoms with van der Waals surface area (Å²) in [4.78, 5) is 14.3. The van der Waals surface area contributed by atoms with E-state index in [1.165, 1.54) is 6.20 Å². The molecule has 1 atom stereocenters. The molecule has 126 valence electrons. The number of carbonyl (C=O) groups excluding carboxylic acids is 1. The number of carbonyl (C=O) groups is 1. The molecule has 6 heteroatoms. The van der Waals surface area contributed by atoms with Gasteiger partial charge >= 0.3 is 0 Å². The Kier molecular flexibility index (Phi) is 4.87. The van der Waals surface area contributed by atoms with Crippen LogP contribution < -0.4 is 0 Å². The number of aliphatic hydroxyl groups is 1. The van der Waals surface area contributed by atoms with E-state index >= 15 is 0 Å². The summed E-state index contributed by atoms with van der Waals surface area (Å²) in [5, 5.41) is 17.6. The molecule has 1 aromatic carbocycles. The minimum atomic E-state index is -0.788. The molecule has 1 aromatic heterocycles. The number of morpholine rings is 1. The second kappa shape index (κ2) is 7.07. The van der Waals surface area contributed by atoms with Crippen molar-refractivity contribution in [2.75, 3.05) is 26.3 Å². The van der Waals surface area contributed by atoms with Crippen LogP contribution in [0, 0.1) is 6.92 Å². The van der Waals surface area contributed by atoms with Gasteiger partial charge in [0.15, 0.2) is 5.69 Å².